The van der Waals surface area contributed by atoms with Crippen LogP contribution in [0, 0.1) is 11.8 Å². The van der Waals surface area contributed by atoms with Crippen LogP contribution in [0.4, 0.5) is 5.82 Å². The summed E-state index contributed by atoms with van der Waals surface area (Å²) in [5.41, 5.74) is 3.10. The van der Waals surface area contributed by atoms with E-state index in [9.17, 15) is 0 Å². The number of hydrogen-bond acceptors (Lipinski definition) is 5. The summed E-state index contributed by atoms with van der Waals surface area (Å²) in [4.78, 5) is 9.33. The summed E-state index contributed by atoms with van der Waals surface area (Å²) in [6.45, 7) is 5.57. The van der Waals surface area contributed by atoms with E-state index in [0.717, 1.165) is 48.7 Å². The Morgan fingerprint density at radius 1 is 0.741 bits per heavy atom. The summed E-state index contributed by atoms with van der Waals surface area (Å²) in [6.07, 6.45) is 1.79. The second kappa shape index (κ2) is 7.08. The summed E-state index contributed by atoms with van der Waals surface area (Å²) >= 11 is 0. The van der Waals surface area contributed by atoms with Crippen molar-refractivity contribution in [2.24, 2.45) is 11.8 Å². The van der Waals surface area contributed by atoms with Gasteiger partial charge in [0.05, 0.1) is 5.69 Å². The molecule has 27 heavy (non-hydrogen) atoms. The zero-order valence-electron chi connectivity index (χ0n) is 15.3. The van der Waals surface area contributed by atoms with E-state index in [1.54, 1.807) is 6.20 Å². The van der Waals surface area contributed by atoms with Gasteiger partial charge in [-0.1, -0.05) is 36.4 Å². The minimum absolute atomic E-state index is 0.728. The molecule has 5 rings (SSSR count). The molecule has 5 heteroatoms. The van der Waals surface area contributed by atoms with Crippen LogP contribution in [0.15, 0.2) is 66.9 Å². The Bertz CT molecular complexity index is 868. The Morgan fingerprint density at radius 3 is 2.19 bits per heavy atom. The van der Waals surface area contributed by atoms with Gasteiger partial charge in [0.25, 0.3) is 0 Å². The van der Waals surface area contributed by atoms with E-state index in [1.165, 1.54) is 18.7 Å². The van der Waals surface area contributed by atoms with E-state index in [-0.39, 0.29) is 0 Å². The number of anilines is 1. The van der Waals surface area contributed by atoms with Crippen molar-refractivity contribution < 1.29 is 0 Å². The maximum atomic E-state index is 4.47. The third-order valence-corrected chi connectivity index (χ3v) is 5.71. The summed E-state index contributed by atoms with van der Waals surface area (Å²) in [7, 11) is 0. The smallest absolute Gasteiger partial charge is 0.151 e. The van der Waals surface area contributed by atoms with Crippen molar-refractivity contribution in [1.82, 2.24) is 20.1 Å². The lowest BCUT2D eigenvalue weighted by atomic mass is 10.0. The Labute approximate surface area is 159 Å². The van der Waals surface area contributed by atoms with Crippen molar-refractivity contribution in [3.8, 4) is 11.4 Å². The molecule has 2 aliphatic rings. The van der Waals surface area contributed by atoms with Gasteiger partial charge in [0, 0.05) is 38.9 Å². The van der Waals surface area contributed by atoms with Gasteiger partial charge < -0.3 is 4.90 Å². The number of aromatic nitrogens is 3. The van der Waals surface area contributed by atoms with Crippen molar-refractivity contribution in [1.29, 1.82) is 0 Å². The number of rotatable bonds is 4. The normalized spacial score (nSPS) is 22.1. The first kappa shape index (κ1) is 16.4. The fourth-order valence-electron chi connectivity index (χ4n) is 4.39. The van der Waals surface area contributed by atoms with Crippen molar-refractivity contribution in [3.05, 3.63) is 72.4 Å². The quantitative estimate of drug-likeness (QED) is 0.718. The average Bonchev–Trinajstić information content (AvgIpc) is 3.28. The minimum Gasteiger partial charge on any atom is -0.354 e. The van der Waals surface area contributed by atoms with Crippen LogP contribution < -0.4 is 4.90 Å². The lowest BCUT2D eigenvalue weighted by Gasteiger charge is -2.22. The number of hydrogen-bond donors (Lipinski definition) is 0. The fourth-order valence-corrected chi connectivity index (χ4v) is 4.39. The van der Waals surface area contributed by atoms with Gasteiger partial charge in [-0.15, -0.1) is 10.2 Å². The van der Waals surface area contributed by atoms with Crippen LogP contribution in [0.3, 0.4) is 0 Å². The van der Waals surface area contributed by atoms with Gasteiger partial charge in [-0.25, -0.2) is 0 Å². The van der Waals surface area contributed by atoms with Gasteiger partial charge in [0.2, 0.25) is 0 Å². The van der Waals surface area contributed by atoms with Crippen molar-refractivity contribution in [3.63, 3.8) is 0 Å². The van der Waals surface area contributed by atoms with Gasteiger partial charge in [-0.3, -0.25) is 9.88 Å². The molecule has 0 unspecified atom stereocenters. The van der Waals surface area contributed by atoms with E-state index >= 15 is 0 Å². The van der Waals surface area contributed by atoms with E-state index in [2.05, 4.69) is 61.4 Å². The SMILES string of the molecule is c1ccc(CN2C[C@H]3CN(c4ccc(-c5ccccn5)nn4)C[C@@H]3C2)cc1. The second-order valence-corrected chi connectivity index (χ2v) is 7.60. The lowest BCUT2D eigenvalue weighted by Crippen LogP contribution is -2.29. The molecule has 5 nitrogen and oxygen atoms in total. The highest BCUT2D eigenvalue weighted by Gasteiger charge is 2.40. The van der Waals surface area contributed by atoms with Crippen LogP contribution in [0.5, 0.6) is 0 Å². The first-order valence-electron chi connectivity index (χ1n) is 9.61. The molecule has 4 heterocycles. The van der Waals surface area contributed by atoms with E-state index in [0.29, 0.717) is 0 Å². The first-order valence-corrected chi connectivity index (χ1v) is 9.61. The monoisotopic (exact) mass is 357 g/mol. The molecule has 2 atom stereocenters. The molecule has 2 fully saturated rings. The van der Waals surface area contributed by atoms with E-state index < -0.39 is 0 Å². The topological polar surface area (TPSA) is 45.2 Å². The number of nitrogens with zero attached hydrogens (tertiary/aromatic N) is 5. The van der Waals surface area contributed by atoms with E-state index in [1.807, 2.05) is 24.3 Å². The predicted octanol–water partition coefficient (Wildman–Crippen LogP) is 3.11. The highest BCUT2D eigenvalue weighted by atomic mass is 15.3. The summed E-state index contributed by atoms with van der Waals surface area (Å²) < 4.78 is 0. The molecule has 1 aromatic carbocycles. The highest BCUT2D eigenvalue weighted by Crippen LogP contribution is 2.34. The molecular weight excluding hydrogens is 334 g/mol. The maximum absolute atomic E-state index is 4.47. The molecule has 0 saturated carbocycles. The number of fused-ring (bicyclic) bond motifs is 1. The predicted molar refractivity (Wildman–Crippen MR) is 106 cm³/mol. The van der Waals surface area contributed by atoms with Gasteiger partial charge in [-0.2, -0.15) is 0 Å². The number of likely N-dealkylation sites (tertiary alicyclic amines) is 1. The summed E-state index contributed by atoms with van der Waals surface area (Å²) in [5, 5.41) is 8.87. The lowest BCUT2D eigenvalue weighted by molar-refractivity contribution is 0.309. The second-order valence-electron chi connectivity index (χ2n) is 7.60. The van der Waals surface area contributed by atoms with Crippen LogP contribution in [0.25, 0.3) is 11.4 Å². The Kier molecular flexibility index (Phi) is 4.30. The van der Waals surface area contributed by atoms with Crippen molar-refractivity contribution >= 4 is 5.82 Å². The maximum Gasteiger partial charge on any atom is 0.151 e. The Hall–Kier alpha value is -2.79. The zero-order chi connectivity index (χ0) is 18.1. The molecule has 0 N–H and O–H groups in total. The molecule has 2 aliphatic heterocycles. The van der Waals surface area contributed by atoms with E-state index in [4.69, 9.17) is 0 Å². The largest absolute Gasteiger partial charge is 0.354 e. The standard InChI is InChI=1S/C22H23N5/c1-2-6-17(7-3-1)12-26-13-18-15-27(16-19(18)14-26)22-10-9-21(24-25-22)20-8-4-5-11-23-20/h1-11,18-19H,12-16H2/t18-,19-/m0/s1. The van der Waals surface area contributed by atoms with Gasteiger partial charge in [0.1, 0.15) is 5.69 Å². The minimum atomic E-state index is 0.728. The molecule has 136 valence electrons. The fraction of sp³-hybridized carbons (Fsp3) is 0.318. The third-order valence-electron chi connectivity index (χ3n) is 5.71. The highest BCUT2D eigenvalue weighted by molar-refractivity contribution is 5.55. The average molecular weight is 357 g/mol. The molecule has 2 aromatic heterocycles. The number of pyridine rings is 1. The van der Waals surface area contributed by atoms with Crippen LogP contribution in [-0.2, 0) is 6.54 Å². The summed E-state index contributed by atoms with van der Waals surface area (Å²) in [6, 6.07) is 20.7. The Morgan fingerprint density at radius 2 is 1.52 bits per heavy atom. The van der Waals surface area contributed by atoms with Crippen LogP contribution >= 0.6 is 0 Å². The molecule has 3 aromatic rings. The number of benzene rings is 1. The molecule has 0 amide bonds. The molecule has 0 radical (unpaired) electrons. The molecular formula is C22H23N5. The van der Waals surface area contributed by atoms with Crippen molar-refractivity contribution in [2.75, 3.05) is 31.1 Å². The molecule has 0 bridgehead atoms. The van der Waals surface area contributed by atoms with Gasteiger partial charge >= 0.3 is 0 Å². The van der Waals surface area contributed by atoms with Crippen LogP contribution in [-0.4, -0.2) is 46.3 Å². The van der Waals surface area contributed by atoms with Crippen LogP contribution in [0.2, 0.25) is 0 Å². The van der Waals surface area contributed by atoms with Crippen molar-refractivity contribution in [2.45, 2.75) is 6.54 Å². The van der Waals surface area contributed by atoms with Gasteiger partial charge in [-0.05, 0) is 41.7 Å². The first-order chi connectivity index (χ1) is 13.3. The third kappa shape index (κ3) is 3.43. The molecule has 0 spiro atoms. The molecule has 0 aliphatic carbocycles. The van der Waals surface area contributed by atoms with Gasteiger partial charge in [0.15, 0.2) is 5.82 Å². The molecule has 2 saturated heterocycles. The summed E-state index contributed by atoms with van der Waals surface area (Å²) in [5.74, 6) is 2.44. The Balaban J connectivity index is 1.21. The zero-order valence-corrected chi connectivity index (χ0v) is 15.3. The van der Waals surface area contributed by atoms with Crippen LogP contribution in [0.1, 0.15) is 5.56 Å².